The van der Waals surface area contributed by atoms with Crippen molar-refractivity contribution >= 4 is 17.3 Å². The van der Waals surface area contributed by atoms with Gasteiger partial charge in [0, 0.05) is 12.6 Å². The van der Waals surface area contributed by atoms with E-state index in [9.17, 15) is 4.79 Å². The first-order valence-electron chi connectivity index (χ1n) is 5.24. The summed E-state index contributed by atoms with van der Waals surface area (Å²) in [7, 11) is 1.53. The lowest BCUT2D eigenvalue weighted by Crippen LogP contribution is -2.25. The van der Waals surface area contributed by atoms with Crippen LogP contribution in [0.1, 0.15) is 10.4 Å². The van der Waals surface area contributed by atoms with Gasteiger partial charge >= 0.3 is 0 Å². The Bertz CT molecular complexity index is 510. The zero-order chi connectivity index (χ0) is 13.5. The molecule has 0 spiro atoms. The molecule has 0 heterocycles. The zero-order valence-corrected chi connectivity index (χ0v) is 9.97. The van der Waals surface area contributed by atoms with Crippen LogP contribution in [-0.2, 0) is 0 Å². The highest BCUT2D eigenvalue weighted by atomic mass is 16.1. The molecule has 0 saturated carbocycles. The summed E-state index contributed by atoms with van der Waals surface area (Å²) >= 11 is 0. The molecule has 0 atom stereocenters. The highest BCUT2D eigenvalue weighted by molar-refractivity contribution is 5.96. The number of nitrogens with zero attached hydrogens (tertiary/aromatic N) is 3. The van der Waals surface area contributed by atoms with Crippen LogP contribution >= 0.6 is 0 Å². The second kappa shape index (κ2) is 6.12. The Balaban J connectivity index is 3.08. The van der Waals surface area contributed by atoms with Crippen molar-refractivity contribution in [2.75, 3.05) is 30.8 Å². The summed E-state index contributed by atoms with van der Waals surface area (Å²) in [5.74, 6) is -0.236. The number of nitrogens with one attached hydrogen (secondary N) is 1. The van der Waals surface area contributed by atoms with E-state index in [0.29, 0.717) is 16.9 Å². The van der Waals surface area contributed by atoms with Gasteiger partial charge in [-0.1, -0.05) is 0 Å². The molecule has 1 aromatic carbocycles. The topological polar surface area (TPSA) is 106 Å². The van der Waals surface area contributed by atoms with E-state index in [1.54, 1.807) is 17.0 Å². The van der Waals surface area contributed by atoms with E-state index >= 15 is 0 Å². The summed E-state index contributed by atoms with van der Waals surface area (Å²) in [6.45, 7) is 0.133. The van der Waals surface area contributed by atoms with Crippen LogP contribution in [-0.4, -0.2) is 26.0 Å². The van der Waals surface area contributed by atoms with Gasteiger partial charge in [0.05, 0.1) is 23.5 Å². The maximum absolute atomic E-state index is 11.4. The van der Waals surface area contributed by atoms with Crippen LogP contribution in [0.3, 0.4) is 0 Å². The number of nitrogen functional groups attached to an aromatic ring is 1. The number of carbonyl (C=O) groups excluding carboxylic acids is 1. The van der Waals surface area contributed by atoms with Gasteiger partial charge in [-0.15, -0.1) is 0 Å². The van der Waals surface area contributed by atoms with Crippen LogP contribution in [0.25, 0.3) is 0 Å². The molecular formula is C12H13N5O. The molecule has 0 unspecified atom stereocenters. The van der Waals surface area contributed by atoms with E-state index < -0.39 is 0 Å². The SMILES string of the molecule is CNC(=O)c1ccc(N(CC#N)CC#N)c(N)c1. The lowest BCUT2D eigenvalue weighted by atomic mass is 10.1. The van der Waals surface area contributed by atoms with Gasteiger partial charge in [-0.2, -0.15) is 10.5 Å². The number of amides is 1. The first-order chi connectivity index (χ1) is 8.63. The highest BCUT2D eigenvalue weighted by Crippen LogP contribution is 2.24. The van der Waals surface area contributed by atoms with Crippen LogP contribution in [0.15, 0.2) is 18.2 Å². The van der Waals surface area contributed by atoms with Crippen LogP contribution in [0.5, 0.6) is 0 Å². The molecule has 6 heteroatoms. The summed E-state index contributed by atoms with van der Waals surface area (Å²) in [5, 5.41) is 19.9. The normalized spacial score (nSPS) is 9.06. The third kappa shape index (κ3) is 2.89. The molecule has 6 nitrogen and oxygen atoms in total. The fourth-order valence-electron chi connectivity index (χ4n) is 1.53. The predicted molar refractivity (Wildman–Crippen MR) is 67.7 cm³/mol. The second-order valence-electron chi connectivity index (χ2n) is 3.53. The van der Waals surface area contributed by atoms with Crippen molar-refractivity contribution in [1.82, 2.24) is 5.32 Å². The second-order valence-corrected chi connectivity index (χ2v) is 3.53. The van der Waals surface area contributed by atoms with Gasteiger partial charge in [0.1, 0.15) is 13.1 Å². The van der Waals surface area contributed by atoms with E-state index in [1.807, 2.05) is 12.1 Å². The van der Waals surface area contributed by atoms with Crippen LogP contribution < -0.4 is 16.0 Å². The summed E-state index contributed by atoms with van der Waals surface area (Å²) in [5.41, 5.74) is 7.21. The number of nitriles is 2. The molecule has 0 aromatic heterocycles. The number of rotatable bonds is 4. The Morgan fingerprint density at radius 1 is 1.39 bits per heavy atom. The summed E-state index contributed by atoms with van der Waals surface area (Å²) in [6.07, 6.45) is 0. The Labute approximate surface area is 105 Å². The van der Waals surface area contributed by atoms with E-state index in [0.717, 1.165) is 0 Å². The number of hydrogen-bond donors (Lipinski definition) is 2. The maximum atomic E-state index is 11.4. The third-order valence-corrected chi connectivity index (χ3v) is 2.38. The molecule has 0 saturated heterocycles. The van der Waals surface area contributed by atoms with Crippen LogP contribution in [0, 0.1) is 22.7 Å². The number of anilines is 2. The minimum atomic E-state index is -0.236. The lowest BCUT2D eigenvalue weighted by molar-refractivity contribution is 0.0963. The Morgan fingerprint density at radius 3 is 2.44 bits per heavy atom. The largest absolute Gasteiger partial charge is 0.397 e. The maximum Gasteiger partial charge on any atom is 0.251 e. The molecule has 0 aliphatic carbocycles. The lowest BCUT2D eigenvalue weighted by Gasteiger charge is -2.20. The standard InChI is InChI=1S/C12H13N5O/c1-16-12(18)9-2-3-11(10(15)8-9)17(6-4-13)7-5-14/h2-3,8H,6-7,15H2,1H3,(H,16,18). The van der Waals surface area contributed by atoms with Crippen molar-refractivity contribution in [2.45, 2.75) is 0 Å². The third-order valence-electron chi connectivity index (χ3n) is 2.38. The Morgan fingerprint density at radius 2 is 2.00 bits per heavy atom. The summed E-state index contributed by atoms with van der Waals surface area (Å²) < 4.78 is 0. The minimum absolute atomic E-state index is 0.0665. The first-order valence-corrected chi connectivity index (χ1v) is 5.24. The number of nitrogens with two attached hydrogens (primary N) is 1. The monoisotopic (exact) mass is 243 g/mol. The van der Waals surface area contributed by atoms with Crippen molar-refractivity contribution in [2.24, 2.45) is 0 Å². The fraction of sp³-hybridized carbons (Fsp3) is 0.250. The van der Waals surface area contributed by atoms with E-state index in [4.69, 9.17) is 16.3 Å². The van der Waals surface area contributed by atoms with Gasteiger partial charge < -0.3 is 16.0 Å². The molecular weight excluding hydrogens is 230 g/mol. The quantitative estimate of drug-likeness (QED) is 0.591. The van der Waals surface area contributed by atoms with Gasteiger partial charge in [0.15, 0.2) is 0 Å². The Hall–Kier alpha value is -2.73. The van der Waals surface area contributed by atoms with Crippen molar-refractivity contribution in [3.63, 3.8) is 0 Å². The van der Waals surface area contributed by atoms with Crippen LogP contribution in [0.4, 0.5) is 11.4 Å². The van der Waals surface area contributed by atoms with Gasteiger partial charge in [-0.3, -0.25) is 4.79 Å². The van der Waals surface area contributed by atoms with E-state index in [1.165, 1.54) is 13.1 Å². The van der Waals surface area contributed by atoms with Gasteiger partial charge in [-0.25, -0.2) is 0 Å². The molecule has 18 heavy (non-hydrogen) atoms. The number of hydrogen-bond acceptors (Lipinski definition) is 5. The molecule has 1 aromatic rings. The number of carbonyl (C=O) groups is 1. The fourth-order valence-corrected chi connectivity index (χ4v) is 1.53. The molecule has 0 radical (unpaired) electrons. The first kappa shape index (κ1) is 13.3. The smallest absolute Gasteiger partial charge is 0.251 e. The van der Waals surface area contributed by atoms with Crippen molar-refractivity contribution < 1.29 is 4.79 Å². The molecule has 1 rings (SSSR count). The highest BCUT2D eigenvalue weighted by Gasteiger charge is 2.11. The van der Waals surface area contributed by atoms with E-state index in [-0.39, 0.29) is 19.0 Å². The molecule has 3 N–H and O–H groups in total. The molecule has 0 fully saturated rings. The van der Waals surface area contributed by atoms with Crippen molar-refractivity contribution in [3.8, 4) is 12.1 Å². The zero-order valence-electron chi connectivity index (χ0n) is 9.97. The molecule has 1 amide bonds. The van der Waals surface area contributed by atoms with Crippen molar-refractivity contribution in [1.29, 1.82) is 10.5 Å². The van der Waals surface area contributed by atoms with E-state index in [2.05, 4.69) is 5.32 Å². The predicted octanol–water partition coefficient (Wildman–Crippen LogP) is 0.482. The molecule has 0 aliphatic heterocycles. The number of benzene rings is 1. The summed E-state index contributed by atoms with van der Waals surface area (Å²) in [6, 6.07) is 8.69. The molecule has 0 aliphatic rings. The average Bonchev–Trinajstić information content (AvgIpc) is 2.37. The minimum Gasteiger partial charge on any atom is -0.397 e. The Kier molecular flexibility index (Phi) is 4.53. The summed E-state index contributed by atoms with van der Waals surface area (Å²) in [4.78, 5) is 13.0. The molecule has 92 valence electrons. The van der Waals surface area contributed by atoms with Gasteiger partial charge in [0.25, 0.3) is 5.91 Å². The average molecular weight is 243 g/mol. The van der Waals surface area contributed by atoms with Crippen LogP contribution in [0.2, 0.25) is 0 Å². The van der Waals surface area contributed by atoms with Gasteiger partial charge in [0.2, 0.25) is 0 Å². The van der Waals surface area contributed by atoms with Gasteiger partial charge in [-0.05, 0) is 18.2 Å². The molecule has 0 bridgehead atoms. The van der Waals surface area contributed by atoms with Crippen molar-refractivity contribution in [3.05, 3.63) is 23.8 Å².